The van der Waals surface area contributed by atoms with Gasteiger partial charge in [-0.25, -0.2) is 4.98 Å². The zero-order valence-electron chi connectivity index (χ0n) is 13.4. The van der Waals surface area contributed by atoms with Gasteiger partial charge in [0.05, 0.1) is 16.9 Å². The summed E-state index contributed by atoms with van der Waals surface area (Å²) in [5.74, 6) is 2.22. The van der Waals surface area contributed by atoms with Crippen molar-refractivity contribution in [3.63, 3.8) is 0 Å². The topological polar surface area (TPSA) is 68.5 Å². The molecule has 0 saturated carbocycles. The first-order chi connectivity index (χ1) is 11.7. The van der Waals surface area contributed by atoms with Crippen molar-refractivity contribution in [2.45, 2.75) is 13.8 Å². The molecule has 4 rings (SSSR count). The van der Waals surface area contributed by atoms with Crippen LogP contribution in [-0.2, 0) is 0 Å². The number of nitrogens with one attached hydrogen (secondary N) is 1. The van der Waals surface area contributed by atoms with Gasteiger partial charge in [-0.3, -0.25) is 0 Å². The van der Waals surface area contributed by atoms with Crippen LogP contribution in [0.3, 0.4) is 0 Å². The molecule has 0 aliphatic heterocycles. The van der Waals surface area contributed by atoms with Gasteiger partial charge in [0.1, 0.15) is 5.82 Å². The predicted octanol–water partition coefficient (Wildman–Crippen LogP) is 3.57. The minimum Gasteiger partial charge on any atom is -0.323 e. The highest BCUT2D eigenvalue weighted by Gasteiger charge is 2.10. The largest absolute Gasteiger partial charge is 0.323 e. The van der Waals surface area contributed by atoms with Crippen LogP contribution in [0.15, 0.2) is 54.6 Å². The van der Waals surface area contributed by atoms with Gasteiger partial charge in [-0.2, -0.15) is 14.9 Å². The number of para-hydroxylation sites is 1. The van der Waals surface area contributed by atoms with E-state index in [0.29, 0.717) is 5.82 Å². The highest BCUT2D eigenvalue weighted by Crippen LogP contribution is 2.21. The second-order valence-corrected chi connectivity index (χ2v) is 5.63. The van der Waals surface area contributed by atoms with E-state index in [-0.39, 0.29) is 0 Å². The Morgan fingerprint density at radius 2 is 1.75 bits per heavy atom. The summed E-state index contributed by atoms with van der Waals surface area (Å²) in [6, 6.07) is 17.8. The average Bonchev–Trinajstić information content (AvgIpc) is 2.97. The molecule has 0 radical (unpaired) electrons. The van der Waals surface area contributed by atoms with E-state index in [2.05, 4.69) is 20.6 Å². The normalized spacial score (nSPS) is 10.9. The number of aryl methyl sites for hydroxylation is 2. The molecule has 0 aliphatic carbocycles. The lowest BCUT2D eigenvalue weighted by atomic mass is 10.2. The molecule has 6 heteroatoms. The average molecular weight is 316 g/mol. The number of hydrogen-bond donors (Lipinski definition) is 1. The number of rotatable bonds is 3. The maximum atomic E-state index is 4.70. The van der Waals surface area contributed by atoms with Gasteiger partial charge in [0.25, 0.3) is 0 Å². The van der Waals surface area contributed by atoms with Crippen molar-refractivity contribution in [3.8, 4) is 5.82 Å². The molecule has 3 aromatic heterocycles. The van der Waals surface area contributed by atoms with Crippen molar-refractivity contribution in [1.82, 2.24) is 25.0 Å². The molecule has 0 amide bonds. The number of anilines is 2. The van der Waals surface area contributed by atoms with Gasteiger partial charge in [-0.1, -0.05) is 18.2 Å². The minimum atomic E-state index is 0.669. The number of aromatic nitrogens is 5. The number of benzene rings is 1. The van der Waals surface area contributed by atoms with Gasteiger partial charge < -0.3 is 5.32 Å². The summed E-state index contributed by atoms with van der Waals surface area (Å²) in [7, 11) is 0. The van der Waals surface area contributed by atoms with E-state index in [0.717, 1.165) is 33.9 Å². The summed E-state index contributed by atoms with van der Waals surface area (Å²) in [6.45, 7) is 3.85. The molecule has 0 fully saturated rings. The number of nitrogens with zero attached hydrogens (tertiary/aromatic N) is 5. The molecular weight excluding hydrogens is 300 g/mol. The Bertz CT molecular complexity index is 1000. The first-order valence-electron chi connectivity index (χ1n) is 7.69. The van der Waals surface area contributed by atoms with Gasteiger partial charge in [0.15, 0.2) is 11.6 Å². The fourth-order valence-electron chi connectivity index (χ4n) is 2.53. The van der Waals surface area contributed by atoms with Gasteiger partial charge in [0, 0.05) is 11.5 Å². The Hall–Kier alpha value is -3.28. The van der Waals surface area contributed by atoms with Crippen LogP contribution in [-0.4, -0.2) is 25.0 Å². The molecule has 118 valence electrons. The predicted molar refractivity (Wildman–Crippen MR) is 93.7 cm³/mol. The van der Waals surface area contributed by atoms with Crippen molar-refractivity contribution in [3.05, 3.63) is 66.0 Å². The molecule has 4 aromatic rings. The van der Waals surface area contributed by atoms with Crippen LogP contribution in [0, 0.1) is 13.8 Å². The molecule has 24 heavy (non-hydrogen) atoms. The van der Waals surface area contributed by atoms with E-state index < -0.39 is 0 Å². The van der Waals surface area contributed by atoms with Crippen molar-refractivity contribution in [2.75, 3.05) is 5.32 Å². The SMILES string of the molecule is Cc1ccc(Nc2cc(C)nn2-c2ccc3ccccc3n2)nn1. The number of pyridine rings is 1. The van der Waals surface area contributed by atoms with E-state index in [1.165, 1.54) is 0 Å². The zero-order valence-corrected chi connectivity index (χ0v) is 13.4. The molecule has 1 aromatic carbocycles. The van der Waals surface area contributed by atoms with Crippen LogP contribution in [0.1, 0.15) is 11.4 Å². The van der Waals surface area contributed by atoms with Crippen molar-refractivity contribution >= 4 is 22.5 Å². The van der Waals surface area contributed by atoms with E-state index in [1.54, 1.807) is 4.68 Å². The Balaban J connectivity index is 1.75. The quantitative estimate of drug-likeness (QED) is 0.626. The van der Waals surface area contributed by atoms with Crippen molar-refractivity contribution < 1.29 is 0 Å². The number of fused-ring (bicyclic) bond motifs is 1. The van der Waals surface area contributed by atoms with Crippen molar-refractivity contribution in [1.29, 1.82) is 0 Å². The molecule has 0 bridgehead atoms. The Labute approximate surface area is 139 Å². The van der Waals surface area contributed by atoms with E-state index in [9.17, 15) is 0 Å². The Kier molecular flexibility index (Phi) is 3.42. The van der Waals surface area contributed by atoms with Crippen molar-refractivity contribution in [2.24, 2.45) is 0 Å². The highest BCUT2D eigenvalue weighted by molar-refractivity contribution is 5.79. The number of hydrogen-bond acceptors (Lipinski definition) is 5. The highest BCUT2D eigenvalue weighted by atomic mass is 15.4. The summed E-state index contributed by atoms with van der Waals surface area (Å²) in [6.07, 6.45) is 0. The van der Waals surface area contributed by atoms with Crippen LogP contribution in [0.2, 0.25) is 0 Å². The van der Waals surface area contributed by atoms with Gasteiger partial charge in [-0.05, 0) is 44.2 Å². The first kappa shape index (κ1) is 14.3. The van der Waals surface area contributed by atoms with E-state index >= 15 is 0 Å². The van der Waals surface area contributed by atoms with Gasteiger partial charge in [-0.15, -0.1) is 5.10 Å². The summed E-state index contributed by atoms with van der Waals surface area (Å²) in [5.41, 5.74) is 2.71. The monoisotopic (exact) mass is 316 g/mol. The van der Waals surface area contributed by atoms with Crippen LogP contribution in [0.4, 0.5) is 11.6 Å². The molecule has 1 N–H and O–H groups in total. The lowest BCUT2D eigenvalue weighted by molar-refractivity contribution is 0.842. The molecule has 0 atom stereocenters. The summed E-state index contributed by atoms with van der Waals surface area (Å²) in [5, 5.41) is 17.1. The van der Waals surface area contributed by atoms with Gasteiger partial charge in [0.2, 0.25) is 0 Å². The second kappa shape index (κ2) is 5.73. The Morgan fingerprint density at radius 1 is 0.875 bits per heavy atom. The fraction of sp³-hybridized carbons (Fsp3) is 0.111. The molecule has 0 saturated heterocycles. The smallest absolute Gasteiger partial charge is 0.156 e. The fourth-order valence-corrected chi connectivity index (χ4v) is 2.53. The second-order valence-electron chi connectivity index (χ2n) is 5.63. The van der Waals surface area contributed by atoms with Crippen LogP contribution in [0.5, 0.6) is 0 Å². The maximum Gasteiger partial charge on any atom is 0.156 e. The molecule has 0 unspecified atom stereocenters. The summed E-state index contributed by atoms with van der Waals surface area (Å²) in [4.78, 5) is 4.70. The minimum absolute atomic E-state index is 0.669. The Morgan fingerprint density at radius 3 is 2.58 bits per heavy atom. The maximum absolute atomic E-state index is 4.70. The molecule has 3 heterocycles. The molecular formula is C18H16N6. The summed E-state index contributed by atoms with van der Waals surface area (Å²) >= 11 is 0. The molecule has 6 nitrogen and oxygen atoms in total. The van der Waals surface area contributed by atoms with Gasteiger partial charge >= 0.3 is 0 Å². The third kappa shape index (κ3) is 2.69. The van der Waals surface area contributed by atoms with Crippen LogP contribution in [0.25, 0.3) is 16.7 Å². The van der Waals surface area contributed by atoms with Crippen LogP contribution < -0.4 is 5.32 Å². The third-order valence-corrected chi connectivity index (χ3v) is 3.69. The third-order valence-electron chi connectivity index (χ3n) is 3.69. The lowest BCUT2D eigenvalue weighted by Gasteiger charge is -2.09. The standard InChI is InChI=1S/C18H16N6/c1-12-7-9-16(22-21-12)20-18-11-13(2)23-24(18)17-10-8-14-5-3-4-6-15(14)19-17/h3-11H,1-2H3,(H,20,22). The lowest BCUT2D eigenvalue weighted by Crippen LogP contribution is -2.06. The zero-order chi connectivity index (χ0) is 16.5. The van der Waals surface area contributed by atoms with Crippen LogP contribution >= 0.6 is 0 Å². The first-order valence-corrected chi connectivity index (χ1v) is 7.69. The van der Waals surface area contributed by atoms with E-state index in [1.807, 2.05) is 68.4 Å². The van der Waals surface area contributed by atoms with E-state index in [4.69, 9.17) is 4.98 Å². The summed E-state index contributed by atoms with van der Waals surface area (Å²) < 4.78 is 1.78. The molecule has 0 spiro atoms. The molecule has 0 aliphatic rings.